The Morgan fingerprint density at radius 1 is 0.857 bits per heavy atom. The Hall–Kier alpha value is -0.0900. The van der Waals surface area contributed by atoms with Crippen LogP contribution in [0, 0.1) is 3.57 Å². The average molecular weight is 315 g/mol. The molecular formula is C12H28IO+. The standard InChI is InChI=1S/C6H6I.C2H6O.4CH4/c7-6-4-2-1-3-5-6;1-3-2;;;;/h1-5,7H;1-2H3;4*1H4/q+1;;;;;. The quantitative estimate of drug-likeness (QED) is 0.648. The normalized spacial score (nSPS) is 5.64. The molecule has 0 aliphatic heterocycles. The van der Waals surface area contributed by atoms with Gasteiger partial charge < -0.3 is 4.74 Å². The maximum atomic E-state index is 4.25. The van der Waals surface area contributed by atoms with Crippen LogP contribution in [0.3, 0.4) is 0 Å². The van der Waals surface area contributed by atoms with Gasteiger partial charge in [-0.2, -0.15) is 0 Å². The summed E-state index contributed by atoms with van der Waals surface area (Å²) in [7, 11) is 3.25. The number of benzene rings is 1. The van der Waals surface area contributed by atoms with Crippen molar-refractivity contribution in [1.82, 2.24) is 0 Å². The first kappa shape index (κ1) is 29.2. The van der Waals surface area contributed by atoms with E-state index in [-0.39, 0.29) is 29.7 Å². The lowest BCUT2D eigenvalue weighted by Gasteiger charge is -1.72. The monoisotopic (exact) mass is 315 g/mol. The number of ether oxygens (including phenoxy) is 1. The first-order valence-electron chi connectivity index (χ1n) is 2.93. The van der Waals surface area contributed by atoms with E-state index in [1.165, 1.54) is 3.57 Å². The smallest absolute Gasteiger partial charge is 0.296 e. The molecule has 2 heteroatoms. The van der Waals surface area contributed by atoms with Gasteiger partial charge in [-0.1, -0.05) is 47.9 Å². The largest absolute Gasteiger partial charge is 0.388 e. The zero-order valence-electron chi connectivity index (χ0n) is 6.20. The van der Waals surface area contributed by atoms with Crippen molar-refractivity contribution in [1.29, 1.82) is 0 Å². The van der Waals surface area contributed by atoms with Crippen molar-refractivity contribution in [3.8, 4) is 0 Å². The van der Waals surface area contributed by atoms with Crippen molar-refractivity contribution in [3.63, 3.8) is 0 Å². The van der Waals surface area contributed by atoms with Gasteiger partial charge in [0.25, 0.3) is 22.6 Å². The van der Waals surface area contributed by atoms with E-state index in [2.05, 4.69) is 16.9 Å². The van der Waals surface area contributed by atoms with Gasteiger partial charge in [0.2, 0.25) is 0 Å². The highest BCUT2D eigenvalue weighted by Gasteiger charge is 1.85. The molecule has 0 spiro atoms. The fraction of sp³-hybridized carbons (Fsp3) is 0.500. The topological polar surface area (TPSA) is 9.23 Å². The molecule has 14 heavy (non-hydrogen) atoms. The molecule has 0 aromatic heterocycles. The van der Waals surface area contributed by atoms with E-state index in [1.54, 1.807) is 14.2 Å². The fourth-order valence-electron chi connectivity index (χ4n) is 0.420. The van der Waals surface area contributed by atoms with Crippen LogP contribution >= 0.6 is 0 Å². The van der Waals surface area contributed by atoms with Gasteiger partial charge in [-0.25, -0.2) is 0 Å². The maximum absolute atomic E-state index is 4.25. The molecule has 0 atom stereocenters. The number of hydrogen-bond acceptors (Lipinski definition) is 1. The van der Waals surface area contributed by atoms with E-state index in [9.17, 15) is 0 Å². The number of halogens is 1. The molecule has 0 saturated heterocycles. The molecule has 1 nitrogen and oxygen atoms in total. The van der Waals surface area contributed by atoms with Gasteiger partial charge >= 0.3 is 0 Å². The molecule has 0 radical (unpaired) electrons. The minimum absolute atomic E-state index is 0. The van der Waals surface area contributed by atoms with Gasteiger partial charge in [0.1, 0.15) is 0 Å². The molecule has 0 bridgehead atoms. The van der Waals surface area contributed by atoms with Crippen molar-refractivity contribution in [3.05, 3.63) is 33.9 Å². The highest BCUT2D eigenvalue weighted by atomic mass is 127. The van der Waals surface area contributed by atoms with Gasteiger partial charge in [0.05, 0.1) is 0 Å². The molecule has 88 valence electrons. The van der Waals surface area contributed by atoms with Crippen molar-refractivity contribution in [2.24, 2.45) is 0 Å². The van der Waals surface area contributed by atoms with Gasteiger partial charge in [0, 0.05) is 14.2 Å². The Labute approximate surface area is 105 Å². The van der Waals surface area contributed by atoms with Crippen LogP contribution in [0.25, 0.3) is 0 Å². The molecule has 0 N–H and O–H groups in total. The van der Waals surface area contributed by atoms with Gasteiger partial charge in [-0.15, -0.1) is 0 Å². The molecule has 0 saturated carbocycles. The number of methoxy groups -OCH3 is 1. The lowest BCUT2D eigenvalue weighted by Crippen LogP contribution is -3.34. The Bertz CT molecular complexity index is 152. The van der Waals surface area contributed by atoms with E-state index >= 15 is 0 Å². The summed E-state index contributed by atoms with van der Waals surface area (Å²) in [6, 6.07) is 10.3. The summed E-state index contributed by atoms with van der Waals surface area (Å²) >= 11 is 2.02. The molecule has 1 rings (SSSR count). The van der Waals surface area contributed by atoms with E-state index in [1.807, 2.05) is 40.8 Å². The van der Waals surface area contributed by atoms with Crippen LogP contribution in [0.4, 0.5) is 0 Å². The number of rotatable bonds is 0. The van der Waals surface area contributed by atoms with Crippen LogP contribution in [0.2, 0.25) is 0 Å². The molecule has 0 fully saturated rings. The molecule has 0 aliphatic carbocycles. The second-order valence-corrected chi connectivity index (χ2v) is 3.07. The third-order valence-electron chi connectivity index (χ3n) is 0.743. The predicted octanol–water partition coefficient (Wildman–Crippen LogP) is 0.949. The van der Waals surface area contributed by atoms with Crippen LogP contribution in [-0.4, -0.2) is 14.2 Å². The third-order valence-corrected chi connectivity index (χ3v) is 1.52. The van der Waals surface area contributed by atoms with Crippen LogP contribution in [0.1, 0.15) is 29.7 Å². The molecule has 0 aliphatic rings. The van der Waals surface area contributed by atoms with Crippen LogP contribution < -0.4 is 22.6 Å². The maximum Gasteiger partial charge on any atom is 0.296 e. The summed E-state index contributed by atoms with van der Waals surface area (Å²) in [6.45, 7) is 0. The molecule has 1 aromatic rings. The van der Waals surface area contributed by atoms with Crippen molar-refractivity contribution < 1.29 is 27.3 Å². The molecule has 1 aromatic carbocycles. The molecule has 0 amide bonds. The number of hydrogen-bond donors (Lipinski definition) is 0. The highest BCUT2D eigenvalue weighted by molar-refractivity contribution is 4.98. The average Bonchev–Trinajstić information content (AvgIpc) is 1.91. The minimum atomic E-state index is 0. The third kappa shape index (κ3) is 22.7. The van der Waals surface area contributed by atoms with Crippen LogP contribution in [0.15, 0.2) is 30.3 Å². The first-order chi connectivity index (χ1) is 4.81. The summed E-state index contributed by atoms with van der Waals surface area (Å²) in [5.74, 6) is 0. The summed E-state index contributed by atoms with van der Waals surface area (Å²) in [6.07, 6.45) is 0. The van der Waals surface area contributed by atoms with Gasteiger partial charge in [0.15, 0.2) is 3.57 Å². The van der Waals surface area contributed by atoms with Crippen LogP contribution in [-0.2, 0) is 4.74 Å². The highest BCUT2D eigenvalue weighted by Crippen LogP contribution is 1.80. The molecular weight excluding hydrogens is 287 g/mol. The fourth-order valence-corrected chi connectivity index (χ4v) is 0.869. The van der Waals surface area contributed by atoms with Crippen molar-refractivity contribution in [2.45, 2.75) is 29.7 Å². The second kappa shape index (κ2) is 23.1. The summed E-state index contributed by atoms with van der Waals surface area (Å²) in [4.78, 5) is 0. The summed E-state index contributed by atoms with van der Waals surface area (Å²) in [5, 5.41) is 0. The molecule has 0 heterocycles. The Balaban J connectivity index is -0.0000000355. The SMILES string of the molecule is C.C.C.C.COC.[IH+]c1ccccc1. The Kier molecular flexibility index (Phi) is 48.1. The van der Waals surface area contributed by atoms with Gasteiger partial charge in [-0.05, 0) is 12.1 Å². The van der Waals surface area contributed by atoms with E-state index in [0.717, 1.165) is 0 Å². The van der Waals surface area contributed by atoms with Crippen molar-refractivity contribution >= 4 is 0 Å². The zero-order chi connectivity index (χ0) is 7.82. The summed E-state index contributed by atoms with van der Waals surface area (Å²) in [5.41, 5.74) is 0. The van der Waals surface area contributed by atoms with E-state index < -0.39 is 0 Å². The van der Waals surface area contributed by atoms with Gasteiger partial charge in [-0.3, -0.25) is 0 Å². The zero-order valence-corrected chi connectivity index (χ0v) is 8.53. The Morgan fingerprint density at radius 3 is 1.29 bits per heavy atom. The Morgan fingerprint density at radius 2 is 1.14 bits per heavy atom. The van der Waals surface area contributed by atoms with E-state index in [0.29, 0.717) is 0 Å². The lowest BCUT2D eigenvalue weighted by atomic mass is 10.4. The van der Waals surface area contributed by atoms with Crippen LogP contribution in [0.5, 0.6) is 0 Å². The molecule has 0 unspecified atom stereocenters. The second-order valence-electron chi connectivity index (χ2n) is 1.72. The first-order valence-corrected chi connectivity index (χ1v) is 4.10. The van der Waals surface area contributed by atoms with E-state index in [4.69, 9.17) is 0 Å². The predicted molar refractivity (Wildman–Crippen MR) is 66.4 cm³/mol. The van der Waals surface area contributed by atoms with Crippen molar-refractivity contribution in [2.75, 3.05) is 14.2 Å². The summed E-state index contributed by atoms with van der Waals surface area (Å²) < 4.78 is 5.58. The minimum Gasteiger partial charge on any atom is -0.388 e. The lowest BCUT2D eigenvalue weighted by molar-refractivity contribution is -0.328.